The van der Waals surface area contributed by atoms with Crippen molar-refractivity contribution in [2.45, 2.75) is 32.2 Å². The summed E-state index contributed by atoms with van der Waals surface area (Å²) in [6.07, 6.45) is 5.05. The summed E-state index contributed by atoms with van der Waals surface area (Å²) >= 11 is 2.25. The summed E-state index contributed by atoms with van der Waals surface area (Å²) in [6.45, 7) is 2.47. The quantitative estimate of drug-likeness (QED) is 0.745. The second kappa shape index (κ2) is 6.02. The molecule has 1 aliphatic heterocycles. The summed E-state index contributed by atoms with van der Waals surface area (Å²) in [4.78, 5) is 24.6. The third kappa shape index (κ3) is 3.16. The Labute approximate surface area is 127 Å². The minimum absolute atomic E-state index is 0.0971. The van der Waals surface area contributed by atoms with Crippen molar-refractivity contribution in [3.63, 3.8) is 0 Å². The fourth-order valence-corrected chi connectivity index (χ4v) is 3.03. The topological polar surface area (TPSA) is 49.3 Å². The van der Waals surface area contributed by atoms with Crippen LogP contribution in [0.1, 0.15) is 37.9 Å². The molecule has 2 rings (SSSR count). The van der Waals surface area contributed by atoms with E-state index in [1.807, 2.05) is 30.1 Å². The first-order valence-corrected chi connectivity index (χ1v) is 7.55. The zero-order valence-corrected chi connectivity index (χ0v) is 13.7. The summed E-state index contributed by atoms with van der Waals surface area (Å²) in [6, 6.07) is 0.0971. The number of rotatable bonds is 2. The molecule has 6 heteroatoms. The standard InChI is InChI=1S/C13H19IN4O/c1-9(19)18-7-5-4-6-11(18)12-10(14)8-15-13(16-12)17(2)3/h8,11H,4-7H2,1-3H3/t11-/m1/s1. The lowest BCUT2D eigenvalue weighted by Gasteiger charge is -2.35. The molecule has 0 N–H and O–H groups in total. The highest BCUT2D eigenvalue weighted by Gasteiger charge is 2.29. The highest BCUT2D eigenvalue weighted by Crippen LogP contribution is 2.32. The molecule has 2 heterocycles. The molecule has 1 aromatic heterocycles. The summed E-state index contributed by atoms with van der Waals surface area (Å²) in [5.74, 6) is 0.829. The molecule has 19 heavy (non-hydrogen) atoms. The molecule has 0 bridgehead atoms. The third-order valence-electron chi connectivity index (χ3n) is 3.38. The van der Waals surface area contributed by atoms with Crippen LogP contribution in [0.2, 0.25) is 0 Å². The summed E-state index contributed by atoms with van der Waals surface area (Å²) in [7, 11) is 3.85. The van der Waals surface area contributed by atoms with Crippen LogP contribution in [0.15, 0.2) is 6.20 Å². The Morgan fingerprint density at radius 1 is 1.47 bits per heavy atom. The lowest BCUT2D eigenvalue weighted by Crippen LogP contribution is -2.38. The van der Waals surface area contributed by atoms with Crippen LogP contribution >= 0.6 is 22.6 Å². The van der Waals surface area contributed by atoms with Crippen molar-refractivity contribution in [1.29, 1.82) is 0 Å². The van der Waals surface area contributed by atoms with Gasteiger partial charge >= 0.3 is 0 Å². The van der Waals surface area contributed by atoms with Crippen LogP contribution in [0.5, 0.6) is 0 Å². The van der Waals surface area contributed by atoms with Crippen molar-refractivity contribution in [3.8, 4) is 0 Å². The summed E-state index contributed by atoms with van der Waals surface area (Å²) in [5, 5.41) is 0. The van der Waals surface area contributed by atoms with Crippen molar-refractivity contribution in [2.75, 3.05) is 25.5 Å². The summed E-state index contributed by atoms with van der Waals surface area (Å²) < 4.78 is 1.03. The minimum Gasteiger partial charge on any atom is -0.347 e. The molecule has 1 fully saturated rings. The van der Waals surface area contributed by atoms with Gasteiger partial charge < -0.3 is 9.80 Å². The van der Waals surface area contributed by atoms with Crippen LogP contribution in [0.25, 0.3) is 0 Å². The molecule has 0 saturated carbocycles. The van der Waals surface area contributed by atoms with Crippen LogP contribution in [0.3, 0.4) is 0 Å². The van der Waals surface area contributed by atoms with E-state index in [0.717, 1.165) is 35.1 Å². The zero-order valence-electron chi connectivity index (χ0n) is 11.6. The Morgan fingerprint density at radius 2 is 2.21 bits per heavy atom. The number of anilines is 1. The number of halogens is 1. The van der Waals surface area contributed by atoms with Gasteiger partial charge in [0.1, 0.15) is 0 Å². The monoisotopic (exact) mass is 374 g/mol. The first kappa shape index (κ1) is 14.5. The molecule has 1 saturated heterocycles. The van der Waals surface area contributed by atoms with Crippen molar-refractivity contribution < 1.29 is 4.79 Å². The van der Waals surface area contributed by atoms with Crippen molar-refractivity contribution in [2.24, 2.45) is 0 Å². The third-order valence-corrected chi connectivity index (χ3v) is 4.21. The molecule has 1 amide bonds. The van der Waals surface area contributed by atoms with E-state index in [4.69, 9.17) is 0 Å². The number of aromatic nitrogens is 2. The number of likely N-dealkylation sites (tertiary alicyclic amines) is 1. The molecule has 1 aromatic rings. The number of amides is 1. The molecule has 0 spiro atoms. The molecule has 1 aliphatic rings. The maximum atomic E-state index is 11.8. The number of nitrogens with zero attached hydrogens (tertiary/aromatic N) is 4. The van der Waals surface area contributed by atoms with Crippen molar-refractivity contribution in [1.82, 2.24) is 14.9 Å². The van der Waals surface area contributed by atoms with Crippen LogP contribution in [0.4, 0.5) is 5.95 Å². The molecule has 1 atom stereocenters. The Kier molecular flexibility index (Phi) is 4.59. The Morgan fingerprint density at radius 3 is 2.84 bits per heavy atom. The Bertz CT molecular complexity index is 478. The van der Waals surface area contributed by atoms with Crippen molar-refractivity contribution in [3.05, 3.63) is 15.5 Å². The fraction of sp³-hybridized carbons (Fsp3) is 0.615. The number of hydrogen-bond donors (Lipinski definition) is 0. The van der Waals surface area contributed by atoms with Crippen LogP contribution in [0, 0.1) is 3.57 Å². The number of piperidine rings is 1. The van der Waals surface area contributed by atoms with Crippen molar-refractivity contribution >= 4 is 34.4 Å². The van der Waals surface area contributed by atoms with Gasteiger partial charge in [0, 0.05) is 33.8 Å². The number of hydrogen-bond acceptors (Lipinski definition) is 4. The molecule has 104 valence electrons. The van der Waals surface area contributed by atoms with Gasteiger partial charge in [-0.2, -0.15) is 0 Å². The highest BCUT2D eigenvalue weighted by molar-refractivity contribution is 14.1. The molecule has 0 aliphatic carbocycles. The average molecular weight is 374 g/mol. The Balaban J connectivity index is 2.37. The van der Waals surface area contributed by atoms with E-state index >= 15 is 0 Å². The number of carbonyl (C=O) groups is 1. The van der Waals surface area contributed by atoms with E-state index in [1.165, 1.54) is 0 Å². The van der Waals surface area contributed by atoms with E-state index in [-0.39, 0.29) is 11.9 Å². The maximum Gasteiger partial charge on any atom is 0.225 e. The fourth-order valence-electron chi connectivity index (χ4n) is 2.41. The number of carbonyl (C=O) groups excluding carboxylic acids is 1. The van der Waals surface area contributed by atoms with E-state index in [1.54, 1.807) is 6.92 Å². The normalized spacial score (nSPS) is 19.4. The van der Waals surface area contributed by atoms with Crippen LogP contribution in [-0.2, 0) is 4.79 Å². The van der Waals surface area contributed by atoms with E-state index in [9.17, 15) is 4.79 Å². The SMILES string of the molecule is CC(=O)N1CCCC[C@@H]1c1nc(N(C)C)ncc1I. The highest BCUT2D eigenvalue weighted by atomic mass is 127. The first-order chi connectivity index (χ1) is 9.00. The Hall–Kier alpha value is -0.920. The molecule has 0 unspecified atom stereocenters. The predicted octanol–water partition coefficient (Wildman–Crippen LogP) is 2.22. The molecule has 0 radical (unpaired) electrons. The minimum atomic E-state index is 0.0971. The van der Waals surface area contributed by atoms with E-state index in [2.05, 4.69) is 32.6 Å². The van der Waals surface area contributed by atoms with Gasteiger partial charge in [-0.1, -0.05) is 0 Å². The van der Waals surface area contributed by atoms with Gasteiger partial charge in [-0.05, 0) is 41.9 Å². The zero-order chi connectivity index (χ0) is 14.0. The lowest BCUT2D eigenvalue weighted by atomic mass is 9.99. The molecular weight excluding hydrogens is 355 g/mol. The first-order valence-electron chi connectivity index (χ1n) is 6.47. The van der Waals surface area contributed by atoms with Gasteiger partial charge in [0.25, 0.3) is 0 Å². The summed E-state index contributed by atoms with van der Waals surface area (Å²) in [5.41, 5.74) is 0.981. The van der Waals surface area contributed by atoms with Gasteiger partial charge in [-0.15, -0.1) is 0 Å². The van der Waals surface area contributed by atoms with Gasteiger partial charge in [-0.25, -0.2) is 9.97 Å². The molecule has 5 nitrogen and oxygen atoms in total. The second-order valence-corrected chi connectivity index (χ2v) is 6.18. The van der Waals surface area contributed by atoms with E-state index < -0.39 is 0 Å². The van der Waals surface area contributed by atoms with Crippen LogP contribution < -0.4 is 4.90 Å². The van der Waals surface area contributed by atoms with E-state index in [0.29, 0.717) is 5.95 Å². The van der Waals surface area contributed by atoms with Gasteiger partial charge in [0.15, 0.2) is 0 Å². The second-order valence-electron chi connectivity index (χ2n) is 5.02. The van der Waals surface area contributed by atoms with Gasteiger partial charge in [0.05, 0.1) is 15.3 Å². The smallest absolute Gasteiger partial charge is 0.225 e. The largest absolute Gasteiger partial charge is 0.347 e. The predicted molar refractivity (Wildman–Crippen MR) is 83.1 cm³/mol. The van der Waals surface area contributed by atoms with Gasteiger partial charge in [-0.3, -0.25) is 4.79 Å². The maximum absolute atomic E-state index is 11.8. The molecule has 0 aromatic carbocycles. The average Bonchev–Trinajstić information content (AvgIpc) is 2.39. The molecular formula is C13H19IN4O. The lowest BCUT2D eigenvalue weighted by molar-refractivity contribution is -0.132. The van der Waals surface area contributed by atoms with Crippen LogP contribution in [-0.4, -0.2) is 41.4 Å². The van der Waals surface area contributed by atoms with Gasteiger partial charge in [0.2, 0.25) is 11.9 Å².